The summed E-state index contributed by atoms with van der Waals surface area (Å²) in [7, 11) is 0. The number of hydrogen-bond acceptors (Lipinski definition) is 3. The third kappa shape index (κ3) is 2.01. The van der Waals surface area contributed by atoms with Crippen molar-refractivity contribution < 1.29 is 8.81 Å². The molecule has 5 heteroatoms. The van der Waals surface area contributed by atoms with Gasteiger partial charge in [-0.05, 0) is 31.5 Å². The van der Waals surface area contributed by atoms with Crippen LogP contribution in [0.25, 0.3) is 11.1 Å². The largest absolute Gasteiger partial charge is 0.443 e. The second kappa shape index (κ2) is 4.59. The Kier molecular flexibility index (Phi) is 2.89. The molecule has 0 N–H and O–H groups in total. The van der Waals surface area contributed by atoms with Gasteiger partial charge in [0, 0.05) is 5.56 Å². The zero-order chi connectivity index (χ0) is 14.3. The first-order valence-electron chi connectivity index (χ1n) is 6.26. The van der Waals surface area contributed by atoms with E-state index in [0.717, 1.165) is 11.1 Å². The van der Waals surface area contributed by atoms with E-state index in [0.29, 0.717) is 23.4 Å². The third-order valence-corrected chi connectivity index (χ3v) is 3.42. The molecule has 2 heterocycles. The van der Waals surface area contributed by atoms with Crippen LogP contribution in [0.3, 0.4) is 0 Å². The van der Waals surface area contributed by atoms with Crippen LogP contribution in [0.2, 0.25) is 0 Å². The zero-order valence-corrected chi connectivity index (χ0v) is 11.2. The fourth-order valence-electron chi connectivity index (χ4n) is 2.17. The number of benzene rings is 1. The monoisotopic (exact) mass is 272 g/mol. The molecule has 0 spiro atoms. The molecule has 0 amide bonds. The van der Waals surface area contributed by atoms with E-state index in [9.17, 15) is 9.18 Å². The van der Waals surface area contributed by atoms with Crippen LogP contribution in [0, 0.1) is 19.7 Å². The molecule has 0 bridgehead atoms. The Labute approximate surface area is 114 Å². The number of hydrogen-bond donors (Lipinski definition) is 0. The lowest BCUT2D eigenvalue weighted by atomic mass is 10.2. The van der Waals surface area contributed by atoms with Crippen molar-refractivity contribution in [3.05, 3.63) is 63.7 Å². The van der Waals surface area contributed by atoms with Crippen molar-refractivity contribution in [1.82, 2.24) is 9.55 Å². The first-order valence-corrected chi connectivity index (χ1v) is 6.26. The Hall–Kier alpha value is -2.43. The quantitative estimate of drug-likeness (QED) is 0.720. The Morgan fingerprint density at radius 1 is 1.25 bits per heavy atom. The summed E-state index contributed by atoms with van der Waals surface area (Å²) in [6, 6.07) is 6.05. The van der Waals surface area contributed by atoms with Crippen LogP contribution < -0.4 is 5.56 Å². The van der Waals surface area contributed by atoms with E-state index >= 15 is 0 Å². The molecule has 0 unspecified atom stereocenters. The van der Waals surface area contributed by atoms with Crippen molar-refractivity contribution in [1.29, 1.82) is 0 Å². The van der Waals surface area contributed by atoms with Crippen LogP contribution in [-0.4, -0.2) is 9.55 Å². The zero-order valence-electron chi connectivity index (χ0n) is 11.2. The number of nitrogens with zero attached hydrogens (tertiary/aromatic N) is 2. The molecular formula is C15H13FN2O2. The van der Waals surface area contributed by atoms with Crippen LogP contribution in [0.4, 0.5) is 4.39 Å². The van der Waals surface area contributed by atoms with Crippen LogP contribution in [0.1, 0.15) is 16.9 Å². The van der Waals surface area contributed by atoms with E-state index in [4.69, 9.17) is 4.42 Å². The molecule has 4 nitrogen and oxygen atoms in total. The number of furan rings is 1. The molecule has 0 aliphatic carbocycles. The van der Waals surface area contributed by atoms with E-state index in [1.165, 1.54) is 23.0 Å². The summed E-state index contributed by atoms with van der Waals surface area (Å²) in [6.45, 7) is 4.00. The fourth-order valence-corrected chi connectivity index (χ4v) is 2.17. The van der Waals surface area contributed by atoms with Gasteiger partial charge in [-0.1, -0.05) is 12.1 Å². The summed E-state index contributed by atoms with van der Waals surface area (Å²) in [4.78, 5) is 16.6. The lowest BCUT2D eigenvalue weighted by Gasteiger charge is -2.05. The maximum atomic E-state index is 12.9. The highest BCUT2D eigenvalue weighted by Gasteiger charge is 2.13. The van der Waals surface area contributed by atoms with Crippen molar-refractivity contribution in [2.24, 2.45) is 0 Å². The molecular weight excluding hydrogens is 259 g/mol. The number of aryl methyl sites for hydroxylation is 2. The summed E-state index contributed by atoms with van der Waals surface area (Å²) >= 11 is 0. The smallest absolute Gasteiger partial charge is 0.265 e. The predicted molar refractivity (Wildman–Crippen MR) is 73.2 cm³/mol. The van der Waals surface area contributed by atoms with Gasteiger partial charge in [0.2, 0.25) is 5.71 Å². The van der Waals surface area contributed by atoms with Crippen LogP contribution in [0.5, 0.6) is 0 Å². The lowest BCUT2D eigenvalue weighted by molar-refractivity contribution is 0.561. The van der Waals surface area contributed by atoms with Crippen molar-refractivity contribution in [2.45, 2.75) is 20.4 Å². The van der Waals surface area contributed by atoms with Crippen LogP contribution in [0.15, 0.2) is 39.8 Å². The Morgan fingerprint density at radius 2 is 1.95 bits per heavy atom. The number of rotatable bonds is 2. The highest BCUT2D eigenvalue weighted by Crippen LogP contribution is 2.19. The molecule has 2 aromatic heterocycles. The van der Waals surface area contributed by atoms with E-state index in [-0.39, 0.29) is 11.4 Å². The van der Waals surface area contributed by atoms with Crippen molar-refractivity contribution in [3.63, 3.8) is 0 Å². The van der Waals surface area contributed by atoms with Gasteiger partial charge in [0.05, 0.1) is 6.54 Å². The molecule has 0 atom stereocenters. The normalized spacial score (nSPS) is 11.2. The summed E-state index contributed by atoms with van der Waals surface area (Å²) in [5.41, 5.74) is 1.87. The van der Waals surface area contributed by atoms with E-state index in [1.807, 2.05) is 6.92 Å². The van der Waals surface area contributed by atoms with Gasteiger partial charge >= 0.3 is 0 Å². The van der Waals surface area contributed by atoms with Gasteiger partial charge in [-0.15, -0.1) is 0 Å². The molecule has 102 valence electrons. The van der Waals surface area contributed by atoms with Gasteiger partial charge in [-0.2, -0.15) is 0 Å². The van der Waals surface area contributed by atoms with Gasteiger partial charge in [-0.3, -0.25) is 9.36 Å². The molecule has 0 fully saturated rings. The molecule has 0 aliphatic heterocycles. The van der Waals surface area contributed by atoms with Gasteiger partial charge in [0.15, 0.2) is 0 Å². The van der Waals surface area contributed by atoms with Gasteiger partial charge in [0.1, 0.15) is 23.3 Å². The van der Waals surface area contributed by atoms with Crippen molar-refractivity contribution in [2.75, 3.05) is 0 Å². The van der Waals surface area contributed by atoms with E-state index in [1.54, 1.807) is 19.1 Å². The second-order valence-corrected chi connectivity index (χ2v) is 4.77. The van der Waals surface area contributed by atoms with Gasteiger partial charge < -0.3 is 4.42 Å². The Bertz CT molecular complexity index is 831. The summed E-state index contributed by atoms with van der Waals surface area (Å²) in [6.07, 6.45) is 1.45. The van der Waals surface area contributed by atoms with Crippen LogP contribution in [-0.2, 0) is 6.54 Å². The molecule has 0 saturated heterocycles. The minimum absolute atomic E-state index is 0.145. The highest BCUT2D eigenvalue weighted by atomic mass is 19.1. The van der Waals surface area contributed by atoms with E-state index in [2.05, 4.69) is 4.98 Å². The standard InChI is InChI=1S/C15H13FN2O2/c1-9-10(2)20-14-13(9)15(19)18(8-17-14)7-11-3-5-12(16)6-4-11/h3-6,8H,7H2,1-2H3. The molecule has 0 radical (unpaired) electrons. The Morgan fingerprint density at radius 3 is 2.65 bits per heavy atom. The molecule has 3 aromatic rings. The number of fused-ring (bicyclic) bond motifs is 1. The first-order chi connectivity index (χ1) is 9.56. The van der Waals surface area contributed by atoms with E-state index < -0.39 is 0 Å². The molecule has 1 aromatic carbocycles. The Balaban J connectivity index is 2.08. The van der Waals surface area contributed by atoms with Crippen LogP contribution >= 0.6 is 0 Å². The average molecular weight is 272 g/mol. The summed E-state index contributed by atoms with van der Waals surface area (Å²) in [5, 5.41) is 0.507. The molecule has 20 heavy (non-hydrogen) atoms. The highest BCUT2D eigenvalue weighted by molar-refractivity contribution is 5.77. The lowest BCUT2D eigenvalue weighted by Crippen LogP contribution is -2.21. The topological polar surface area (TPSA) is 48.0 Å². The second-order valence-electron chi connectivity index (χ2n) is 4.77. The van der Waals surface area contributed by atoms with Gasteiger partial charge in [-0.25, -0.2) is 9.37 Å². The first kappa shape index (κ1) is 12.6. The number of halogens is 1. The molecule has 0 saturated carbocycles. The van der Waals surface area contributed by atoms with Crippen molar-refractivity contribution in [3.8, 4) is 0 Å². The summed E-state index contributed by atoms with van der Waals surface area (Å²) < 4.78 is 19.8. The third-order valence-electron chi connectivity index (χ3n) is 3.42. The SMILES string of the molecule is Cc1oc2ncn(Cc3ccc(F)cc3)c(=O)c2c1C. The maximum Gasteiger partial charge on any atom is 0.265 e. The molecule has 0 aliphatic rings. The van der Waals surface area contributed by atoms with Crippen molar-refractivity contribution >= 4 is 11.1 Å². The van der Waals surface area contributed by atoms with Gasteiger partial charge in [0.25, 0.3) is 5.56 Å². The minimum atomic E-state index is -0.295. The molecule has 3 rings (SSSR count). The predicted octanol–water partition coefficient (Wildman–Crippen LogP) is 2.79. The maximum absolute atomic E-state index is 12.9. The number of aromatic nitrogens is 2. The summed E-state index contributed by atoms with van der Waals surface area (Å²) in [5.74, 6) is 0.403. The minimum Gasteiger partial charge on any atom is -0.443 e. The average Bonchev–Trinajstić information content (AvgIpc) is 2.72. The fraction of sp³-hybridized carbons (Fsp3) is 0.200.